The summed E-state index contributed by atoms with van der Waals surface area (Å²) < 4.78 is 5.33. The molecule has 0 aliphatic heterocycles. The number of nitrogens with one attached hydrogen (secondary N) is 1. The number of aromatic nitrogens is 1. The van der Waals surface area contributed by atoms with E-state index in [4.69, 9.17) is 10.3 Å². The fourth-order valence-electron chi connectivity index (χ4n) is 2.17. The lowest BCUT2D eigenvalue weighted by molar-refractivity contribution is -0.131. The van der Waals surface area contributed by atoms with Crippen molar-refractivity contribution in [2.24, 2.45) is 5.73 Å². The van der Waals surface area contributed by atoms with Crippen molar-refractivity contribution in [2.75, 3.05) is 26.7 Å². The van der Waals surface area contributed by atoms with E-state index >= 15 is 0 Å². The van der Waals surface area contributed by atoms with E-state index in [1.807, 2.05) is 36.4 Å². The second-order valence-corrected chi connectivity index (χ2v) is 5.44. The summed E-state index contributed by atoms with van der Waals surface area (Å²) in [6.45, 7) is 0.415. The van der Waals surface area contributed by atoms with Crippen LogP contribution in [0.3, 0.4) is 0 Å². The fourth-order valence-corrected chi connectivity index (χ4v) is 2.17. The van der Waals surface area contributed by atoms with E-state index in [1.165, 1.54) is 0 Å². The van der Waals surface area contributed by atoms with Crippen LogP contribution >= 0.6 is 0 Å². The largest absolute Gasteiger partial charge is 0.361 e. The van der Waals surface area contributed by atoms with Crippen LogP contribution in [0.15, 0.2) is 40.9 Å². The SMILES string of the molecule is CN(CCCc1cc(-c2ccccc2)no1)C(=O)CNC(=O)CN. The summed E-state index contributed by atoms with van der Waals surface area (Å²) in [5, 5.41) is 6.52. The van der Waals surface area contributed by atoms with Crippen LogP contribution in [0.1, 0.15) is 12.2 Å². The van der Waals surface area contributed by atoms with Gasteiger partial charge in [-0.25, -0.2) is 0 Å². The first kappa shape index (κ1) is 17.7. The second-order valence-electron chi connectivity index (χ2n) is 5.44. The molecule has 1 aromatic heterocycles. The molecule has 0 aliphatic rings. The third-order valence-electron chi connectivity index (χ3n) is 3.59. The van der Waals surface area contributed by atoms with Crippen LogP contribution in [0.4, 0.5) is 0 Å². The number of aryl methyl sites for hydroxylation is 1. The van der Waals surface area contributed by atoms with Gasteiger partial charge in [-0.15, -0.1) is 0 Å². The smallest absolute Gasteiger partial charge is 0.241 e. The molecule has 0 saturated carbocycles. The molecule has 0 unspecified atom stereocenters. The van der Waals surface area contributed by atoms with Crippen molar-refractivity contribution in [3.05, 3.63) is 42.2 Å². The Bertz CT molecular complexity index is 669. The van der Waals surface area contributed by atoms with E-state index < -0.39 is 0 Å². The summed E-state index contributed by atoms with van der Waals surface area (Å²) in [5.41, 5.74) is 6.98. The molecule has 1 heterocycles. The van der Waals surface area contributed by atoms with Crippen LogP contribution in [-0.4, -0.2) is 48.6 Å². The number of carbonyl (C=O) groups is 2. The van der Waals surface area contributed by atoms with E-state index in [0.29, 0.717) is 13.0 Å². The number of nitrogens with two attached hydrogens (primary N) is 1. The lowest BCUT2D eigenvalue weighted by atomic mass is 10.1. The third kappa shape index (κ3) is 5.20. The van der Waals surface area contributed by atoms with Crippen molar-refractivity contribution in [1.29, 1.82) is 0 Å². The minimum Gasteiger partial charge on any atom is -0.361 e. The maximum Gasteiger partial charge on any atom is 0.241 e. The molecule has 1 aromatic carbocycles. The summed E-state index contributed by atoms with van der Waals surface area (Å²) >= 11 is 0. The second kappa shape index (κ2) is 8.83. The van der Waals surface area contributed by atoms with Gasteiger partial charge in [0.05, 0.1) is 13.1 Å². The molecule has 0 saturated heterocycles. The zero-order chi connectivity index (χ0) is 17.4. The highest BCUT2D eigenvalue weighted by atomic mass is 16.5. The molecular formula is C17H22N4O3. The number of likely N-dealkylation sites (N-methyl/N-ethyl adjacent to an activating group) is 1. The highest BCUT2D eigenvalue weighted by Gasteiger charge is 2.11. The van der Waals surface area contributed by atoms with Crippen LogP contribution in [0, 0.1) is 0 Å². The molecule has 7 heteroatoms. The lowest BCUT2D eigenvalue weighted by Gasteiger charge is -2.16. The van der Waals surface area contributed by atoms with Crippen LogP contribution < -0.4 is 11.1 Å². The monoisotopic (exact) mass is 330 g/mol. The van der Waals surface area contributed by atoms with Gasteiger partial charge in [-0.2, -0.15) is 0 Å². The van der Waals surface area contributed by atoms with Crippen LogP contribution in [-0.2, 0) is 16.0 Å². The first-order valence-corrected chi connectivity index (χ1v) is 7.82. The minimum atomic E-state index is -0.341. The van der Waals surface area contributed by atoms with E-state index in [-0.39, 0.29) is 24.9 Å². The Morgan fingerprint density at radius 2 is 2.04 bits per heavy atom. The summed E-state index contributed by atoms with van der Waals surface area (Å²) in [5.74, 6) is 0.289. The zero-order valence-electron chi connectivity index (χ0n) is 13.7. The summed E-state index contributed by atoms with van der Waals surface area (Å²) in [6.07, 6.45) is 1.43. The van der Waals surface area contributed by atoms with E-state index in [2.05, 4.69) is 10.5 Å². The van der Waals surface area contributed by atoms with E-state index in [1.54, 1.807) is 11.9 Å². The van der Waals surface area contributed by atoms with Gasteiger partial charge < -0.3 is 20.5 Å². The Labute approximate surface area is 140 Å². The topological polar surface area (TPSA) is 101 Å². The van der Waals surface area contributed by atoms with Gasteiger partial charge in [0.1, 0.15) is 11.5 Å². The van der Waals surface area contributed by atoms with Crippen molar-refractivity contribution in [1.82, 2.24) is 15.4 Å². The molecule has 0 radical (unpaired) electrons. The van der Waals surface area contributed by atoms with Crippen molar-refractivity contribution in [3.63, 3.8) is 0 Å². The first-order chi connectivity index (χ1) is 11.6. The standard InChI is InChI=1S/C17H22N4O3/c1-21(17(23)12-19-16(22)11-18)9-5-8-14-10-15(20-24-14)13-6-3-2-4-7-13/h2-4,6-7,10H,5,8-9,11-12,18H2,1H3,(H,19,22). The summed E-state index contributed by atoms with van der Waals surface area (Å²) in [6, 6.07) is 11.7. The molecule has 2 amide bonds. The van der Waals surface area contributed by atoms with Crippen molar-refractivity contribution in [3.8, 4) is 11.3 Å². The molecule has 2 aromatic rings. The maximum absolute atomic E-state index is 11.8. The van der Waals surface area contributed by atoms with Gasteiger partial charge in [0.2, 0.25) is 11.8 Å². The van der Waals surface area contributed by atoms with Crippen LogP contribution in [0.5, 0.6) is 0 Å². The zero-order valence-corrected chi connectivity index (χ0v) is 13.7. The molecule has 0 spiro atoms. The normalized spacial score (nSPS) is 10.4. The summed E-state index contributed by atoms with van der Waals surface area (Å²) in [7, 11) is 1.70. The number of benzene rings is 1. The fraction of sp³-hybridized carbons (Fsp3) is 0.353. The Balaban J connectivity index is 1.75. The summed E-state index contributed by atoms with van der Waals surface area (Å²) in [4.78, 5) is 24.4. The Morgan fingerprint density at radius 1 is 1.29 bits per heavy atom. The Kier molecular flexibility index (Phi) is 6.51. The molecule has 24 heavy (non-hydrogen) atoms. The predicted molar refractivity (Wildman–Crippen MR) is 90.0 cm³/mol. The molecule has 3 N–H and O–H groups in total. The number of nitrogens with zero attached hydrogens (tertiary/aromatic N) is 2. The van der Waals surface area contributed by atoms with Crippen molar-refractivity contribution >= 4 is 11.8 Å². The molecule has 0 fully saturated rings. The molecule has 0 atom stereocenters. The highest BCUT2D eigenvalue weighted by molar-refractivity contribution is 5.85. The third-order valence-corrected chi connectivity index (χ3v) is 3.59. The maximum atomic E-state index is 11.8. The van der Waals surface area contributed by atoms with Crippen LogP contribution in [0.2, 0.25) is 0 Å². The van der Waals surface area contributed by atoms with E-state index in [9.17, 15) is 9.59 Å². The van der Waals surface area contributed by atoms with Gasteiger partial charge >= 0.3 is 0 Å². The molecular weight excluding hydrogens is 308 g/mol. The molecule has 2 rings (SSSR count). The molecule has 0 bridgehead atoms. The molecule has 0 aliphatic carbocycles. The average molecular weight is 330 g/mol. The quantitative estimate of drug-likeness (QED) is 0.746. The Morgan fingerprint density at radius 3 is 2.75 bits per heavy atom. The predicted octanol–water partition coefficient (Wildman–Crippen LogP) is 0.808. The van der Waals surface area contributed by atoms with Crippen molar-refractivity contribution in [2.45, 2.75) is 12.8 Å². The number of carbonyl (C=O) groups excluding carboxylic acids is 2. The minimum absolute atomic E-state index is 0.0347. The van der Waals surface area contributed by atoms with Gasteiger partial charge in [0, 0.05) is 31.6 Å². The van der Waals surface area contributed by atoms with Crippen molar-refractivity contribution < 1.29 is 14.1 Å². The van der Waals surface area contributed by atoms with Gasteiger partial charge in [-0.1, -0.05) is 35.5 Å². The van der Waals surface area contributed by atoms with E-state index in [0.717, 1.165) is 23.4 Å². The highest BCUT2D eigenvalue weighted by Crippen LogP contribution is 2.19. The van der Waals surface area contributed by atoms with Gasteiger partial charge in [-0.3, -0.25) is 9.59 Å². The molecule has 7 nitrogen and oxygen atoms in total. The number of amides is 2. The average Bonchev–Trinajstić information content (AvgIpc) is 3.08. The van der Waals surface area contributed by atoms with Gasteiger partial charge in [-0.05, 0) is 6.42 Å². The first-order valence-electron chi connectivity index (χ1n) is 7.82. The number of hydrogen-bond acceptors (Lipinski definition) is 5. The lowest BCUT2D eigenvalue weighted by Crippen LogP contribution is -2.40. The van der Waals surface area contributed by atoms with Gasteiger partial charge in [0.25, 0.3) is 0 Å². The molecule has 128 valence electrons. The number of rotatable bonds is 8. The van der Waals surface area contributed by atoms with Gasteiger partial charge in [0.15, 0.2) is 0 Å². The Hall–Kier alpha value is -2.67. The van der Waals surface area contributed by atoms with Crippen LogP contribution in [0.25, 0.3) is 11.3 Å². The number of hydrogen-bond donors (Lipinski definition) is 2.